The maximum atomic E-state index is 5.88. The molecule has 78 valence electrons. The zero-order chi connectivity index (χ0) is 10.6. The van der Waals surface area contributed by atoms with Gasteiger partial charge in [-0.25, -0.2) is 9.97 Å². The van der Waals surface area contributed by atoms with Crippen molar-refractivity contribution in [3.05, 3.63) is 18.1 Å². The molecule has 1 heterocycles. The van der Waals surface area contributed by atoms with Crippen LogP contribution in [0.15, 0.2) is 12.3 Å². The number of aromatic nitrogens is 2. The number of rotatable bonds is 4. The van der Waals surface area contributed by atoms with E-state index in [0.717, 1.165) is 24.6 Å². The molecule has 0 aliphatic carbocycles. The summed E-state index contributed by atoms with van der Waals surface area (Å²) >= 11 is 5.88. The molecule has 0 spiro atoms. The lowest BCUT2D eigenvalue weighted by Crippen LogP contribution is -2.21. The van der Waals surface area contributed by atoms with Gasteiger partial charge in [-0.15, -0.1) is 11.6 Å². The first-order chi connectivity index (χ1) is 6.59. The summed E-state index contributed by atoms with van der Waals surface area (Å²) < 4.78 is 0. The van der Waals surface area contributed by atoms with Gasteiger partial charge in [0, 0.05) is 25.2 Å². The monoisotopic (exact) mass is 213 g/mol. The van der Waals surface area contributed by atoms with Gasteiger partial charge >= 0.3 is 0 Å². The summed E-state index contributed by atoms with van der Waals surface area (Å²) in [5.41, 5.74) is 0. The molecule has 3 nitrogen and oxygen atoms in total. The lowest BCUT2D eigenvalue weighted by Gasteiger charge is -2.18. The minimum Gasteiger partial charge on any atom is -0.360 e. The second-order valence-corrected chi connectivity index (χ2v) is 4.20. The fourth-order valence-electron chi connectivity index (χ4n) is 1.14. The van der Waals surface area contributed by atoms with Gasteiger partial charge in [0.2, 0.25) is 0 Å². The summed E-state index contributed by atoms with van der Waals surface area (Å²) in [5.74, 6) is 1.75. The number of hydrogen-bond acceptors (Lipinski definition) is 3. The van der Waals surface area contributed by atoms with Crippen molar-refractivity contribution in [2.24, 2.45) is 0 Å². The second kappa shape index (κ2) is 5.15. The van der Waals surface area contributed by atoms with Crippen LogP contribution in [0.5, 0.6) is 0 Å². The van der Waals surface area contributed by atoms with Crippen LogP contribution < -0.4 is 4.90 Å². The number of hydrogen-bond donors (Lipinski definition) is 0. The van der Waals surface area contributed by atoms with Crippen molar-refractivity contribution >= 4 is 17.4 Å². The summed E-state index contributed by atoms with van der Waals surface area (Å²) in [4.78, 5) is 10.5. The fourth-order valence-corrected chi connectivity index (χ4v) is 1.24. The molecular weight excluding hydrogens is 198 g/mol. The molecule has 1 aromatic rings. The van der Waals surface area contributed by atoms with Crippen molar-refractivity contribution in [3.8, 4) is 0 Å². The lowest BCUT2D eigenvalue weighted by molar-refractivity contribution is 0.762. The highest BCUT2D eigenvalue weighted by molar-refractivity contribution is 6.20. The normalized spacial score (nSPS) is 12.6. The topological polar surface area (TPSA) is 29.0 Å². The maximum Gasteiger partial charge on any atom is 0.131 e. The molecule has 0 saturated carbocycles. The van der Waals surface area contributed by atoms with Crippen LogP contribution in [0.25, 0.3) is 0 Å². The van der Waals surface area contributed by atoms with Gasteiger partial charge in [-0.1, -0.05) is 0 Å². The van der Waals surface area contributed by atoms with E-state index in [4.69, 9.17) is 11.6 Å². The predicted molar refractivity (Wildman–Crippen MR) is 60.0 cm³/mol. The second-order valence-electron chi connectivity index (χ2n) is 3.45. The Labute approximate surface area is 90.1 Å². The van der Waals surface area contributed by atoms with Crippen LogP contribution in [0, 0.1) is 6.92 Å². The zero-order valence-electron chi connectivity index (χ0n) is 8.87. The quantitative estimate of drug-likeness (QED) is 0.719. The third-order valence-electron chi connectivity index (χ3n) is 2.01. The van der Waals surface area contributed by atoms with Crippen LogP contribution in [0.2, 0.25) is 0 Å². The summed E-state index contributed by atoms with van der Waals surface area (Å²) in [6, 6.07) is 1.91. The highest BCUT2D eigenvalue weighted by Gasteiger charge is 2.04. The molecule has 0 aliphatic heterocycles. The summed E-state index contributed by atoms with van der Waals surface area (Å²) in [6.07, 6.45) is 2.74. The summed E-state index contributed by atoms with van der Waals surface area (Å²) in [6.45, 7) is 4.81. The van der Waals surface area contributed by atoms with Gasteiger partial charge in [0.1, 0.15) is 11.6 Å². The van der Waals surface area contributed by atoms with E-state index in [2.05, 4.69) is 14.9 Å². The molecule has 0 aromatic carbocycles. The molecule has 1 aromatic heterocycles. The van der Waals surface area contributed by atoms with Crippen molar-refractivity contribution in [3.63, 3.8) is 0 Å². The molecule has 1 unspecified atom stereocenters. The Morgan fingerprint density at radius 2 is 2.29 bits per heavy atom. The van der Waals surface area contributed by atoms with Crippen LogP contribution in [0.3, 0.4) is 0 Å². The Morgan fingerprint density at radius 1 is 1.57 bits per heavy atom. The molecule has 1 atom stereocenters. The Bertz CT molecular complexity index is 288. The van der Waals surface area contributed by atoms with Crippen LogP contribution >= 0.6 is 11.6 Å². The van der Waals surface area contributed by atoms with Gasteiger partial charge in [0.05, 0.1) is 0 Å². The summed E-state index contributed by atoms with van der Waals surface area (Å²) in [7, 11) is 2.01. The molecule has 0 aliphatic rings. The molecule has 0 bridgehead atoms. The number of halogens is 1. The highest BCUT2D eigenvalue weighted by atomic mass is 35.5. The van der Waals surface area contributed by atoms with E-state index in [1.54, 1.807) is 6.20 Å². The average molecular weight is 214 g/mol. The first-order valence-corrected chi connectivity index (χ1v) is 5.18. The Hall–Kier alpha value is -0.830. The number of aryl methyl sites for hydroxylation is 1. The van der Waals surface area contributed by atoms with E-state index in [1.807, 2.05) is 27.0 Å². The van der Waals surface area contributed by atoms with E-state index in [9.17, 15) is 0 Å². The summed E-state index contributed by atoms with van der Waals surface area (Å²) in [5, 5.41) is 0.209. The molecule has 0 N–H and O–H groups in total. The standard InChI is InChI=1S/C10H16ClN3/c1-8(11)5-7-14(3)10-4-6-12-9(2)13-10/h4,6,8H,5,7H2,1-3H3. The van der Waals surface area contributed by atoms with Crippen molar-refractivity contribution in [2.45, 2.75) is 25.6 Å². The SMILES string of the molecule is Cc1nccc(N(C)CCC(C)Cl)n1. The van der Waals surface area contributed by atoms with E-state index < -0.39 is 0 Å². The van der Waals surface area contributed by atoms with Gasteiger partial charge in [-0.3, -0.25) is 0 Å². The number of nitrogens with zero attached hydrogens (tertiary/aromatic N) is 3. The van der Waals surface area contributed by atoms with Gasteiger partial charge in [0.15, 0.2) is 0 Å². The van der Waals surface area contributed by atoms with Crippen LogP contribution in [-0.2, 0) is 0 Å². The molecule has 1 rings (SSSR count). The Morgan fingerprint density at radius 3 is 2.86 bits per heavy atom. The fraction of sp³-hybridized carbons (Fsp3) is 0.600. The van der Waals surface area contributed by atoms with Crippen LogP contribution in [0.1, 0.15) is 19.2 Å². The first kappa shape index (κ1) is 11.2. The van der Waals surface area contributed by atoms with Crippen molar-refractivity contribution in [2.75, 3.05) is 18.5 Å². The minimum atomic E-state index is 0.209. The first-order valence-electron chi connectivity index (χ1n) is 4.74. The molecular formula is C10H16ClN3. The largest absolute Gasteiger partial charge is 0.360 e. The molecule has 0 radical (unpaired) electrons. The Kier molecular flexibility index (Phi) is 4.14. The van der Waals surface area contributed by atoms with Crippen LogP contribution in [-0.4, -0.2) is 28.9 Å². The van der Waals surface area contributed by atoms with E-state index in [-0.39, 0.29) is 5.38 Å². The Balaban J connectivity index is 2.56. The maximum absolute atomic E-state index is 5.88. The zero-order valence-corrected chi connectivity index (χ0v) is 9.62. The van der Waals surface area contributed by atoms with E-state index >= 15 is 0 Å². The third kappa shape index (κ3) is 3.50. The lowest BCUT2D eigenvalue weighted by atomic mass is 10.3. The number of alkyl halides is 1. The van der Waals surface area contributed by atoms with Crippen LogP contribution in [0.4, 0.5) is 5.82 Å². The van der Waals surface area contributed by atoms with E-state index in [0.29, 0.717) is 0 Å². The average Bonchev–Trinajstić information content (AvgIpc) is 2.14. The smallest absolute Gasteiger partial charge is 0.131 e. The highest BCUT2D eigenvalue weighted by Crippen LogP contribution is 2.09. The van der Waals surface area contributed by atoms with Gasteiger partial charge in [-0.05, 0) is 26.3 Å². The van der Waals surface area contributed by atoms with Gasteiger partial charge < -0.3 is 4.90 Å². The molecule has 4 heteroatoms. The van der Waals surface area contributed by atoms with Gasteiger partial charge in [-0.2, -0.15) is 0 Å². The molecule has 14 heavy (non-hydrogen) atoms. The predicted octanol–water partition coefficient (Wildman–Crippen LogP) is 2.24. The van der Waals surface area contributed by atoms with E-state index in [1.165, 1.54) is 0 Å². The third-order valence-corrected chi connectivity index (χ3v) is 2.23. The number of anilines is 1. The van der Waals surface area contributed by atoms with Crippen molar-refractivity contribution < 1.29 is 0 Å². The molecule has 0 fully saturated rings. The van der Waals surface area contributed by atoms with Crippen molar-refractivity contribution in [1.82, 2.24) is 9.97 Å². The van der Waals surface area contributed by atoms with Gasteiger partial charge in [0.25, 0.3) is 0 Å². The minimum absolute atomic E-state index is 0.209. The van der Waals surface area contributed by atoms with Crippen molar-refractivity contribution in [1.29, 1.82) is 0 Å². The molecule has 0 saturated heterocycles. The molecule has 0 amide bonds.